The fourth-order valence-corrected chi connectivity index (χ4v) is 3.35. The molecule has 2 heterocycles. The highest BCUT2D eigenvalue weighted by molar-refractivity contribution is 7.18. The van der Waals surface area contributed by atoms with Crippen molar-refractivity contribution in [2.75, 3.05) is 17.2 Å². The smallest absolute Gasteiger partial charge is 0.221 e. The van der Waals surface area contributed by atoms with Crippen molar-refractivity contribution in [1.82, 2.24) is 9.97 Å². The molecule has 1 aromatic carbocycles. The lowest BCUT2D eigenvalue weighted by molar-refractivity contribution is -0.114. The van der Waals surface area contributed by atoms with Gasteiger partial charge in [-0.3, -0.25) is 4.79 Å². The average Bonchev–Trinajstić information content (AvgIpc) is 2.91. The zero-order valence-corrected chi connectivity index (χ0v) is 13.9. The van der Waals surface area contributed by atoms with Gasteiger partial charge in [0, 0.05) is 19.2 Å². The predicted octanol–water partition coefficient (Wildman–Crippen LogP) is 3.61. The maximum absolute atomic E-state index is 11.0. The molecule has 0 aliphatic carbocycles. The van der Waals surface area contributed by atoms with E-state index in [-0.39, 0.29) is 5.91 Å². The van der Waals surface area contributed by atoms with Crippen LogP contribution in [0.3, 0.4) is 0 Å². The van der Waals surface area contributed by atoms with E-state index in [0.717, 1.165) is 34.7 Å². The number of thiophene rings is 1. The number of aromatic nitrogens is 2. The van der Waals surface area contributed by atoms with Crippen molar-refractivity contribution in [3.05, 3.63) is 47.1 Å². The Morgan fingerprint density at radius 1 is 1.22 bits per heavy atom. The van der Waals surface area contributed by atoms with Gasteiger partial charge < -0.3 is 10.6 Å². The molecule has 2 aromatic heterocycles. The molecular weight excluding hydrogens is 308 g/mol. The fraction of sp³-hybridized carbons (Fsp3) is 0.235. The van der Waals surface area contributed by atoms with Crippen LogP contribution in [0.2, 0.25) is 0 Å². The van der Waals surface area contributed by atoms with E-state index in [2.05, 4.69) is 32.9 Å². The Morgan fingerprint density at radius 2 is 2.00 bits per heavy atom. The second-order valence-corrected chi connectivity index (χ2v) is 6.25. The van der Waals surface area contributed by atoms with Crippen LogP contribution in [0.25, 0.3) is 10.2 Å². The highest BCUT2D eigenvalue weighted by atomic mass is 32.1. The van der Waals surface area contributed by atoms with Crippen LogP contribution in [0.4, 0.5) is 11.5 Å². The average molecular weight is 326 g/mol. The van der Waals surface area contributed by atoms with Crippen LogP contribution >= 0.6 is 11.3 Å². The number of carbonyl (C=O) groups is 1. The van der Waals surface area contributed by atoms with E-state index in [1.807, 2.05) is 24.3 Å². The molecule has 0 fully saturated rings. The SMILES string of the molecule is CC(=O)Nc1ccc(CCNc2ncnc3c(C)csc23)cc1. The van der Waals surface area contributed by atoms with Gasteiger partial charge in [0.2, 0.25) is 5.91 Å². The van der Waals surface area contributed by atoms with E-state index in [0.29, 0.717) is 0 Å². The second kappa shape index (κ2) is 6.75. The van der Waals surface area contributed by atoms with E-state index in [4.69, 9.17) is 0 Å². The molecule has 0 bridgehead atoms. The van der Waals surface area contributed by atoms with Crippen molar-refractivity contribution in [3.8, 4) is 0 Å². The first kappa shape index (κ1) is 15.4. The van der Waals surface area contributed by atoms with Crippen LogP contribution in [0.5, 0.6) is 0 Å². The number of anilines is 2. The van der Waals surface area contributed by atoms with Crippen LogP contribution in [-0.4, -0.2) is 22.4 Å². The summed E-state index contributed by atoms with van der Waals surface area (Å²) in [5.74, 6) is 0.835. The molecule has 0 unspecified atom stereocenters. The van der Waals surface area contributed by atoms with E-state index in [1.165, 1.54) is 18.1 Å². The minimum Gasteiger partial charge on any atom is -0.368 e. The van der Waals surface area contributed by atoms with E-state index in [9.17, 15) is 4.79 Å². The maximum Gasteiger partial charge on any atom is 0.221 e. The van der Waals surface area contributed by atoms with Crippen LogP contribution in [0, 0.1) is 6.92 Å². The van der Waals surface area contributed by atoms with E-state index < -0.39 is 0 Å². The summed E-state index contributed by atoms with van der Waals surface area (Å²) in [6.45, 7) is 4.36. The third-order valence-corrected chi connectivity index (χ3v) is 4.61. The van der Waals surface area contributed by atoms with Crippen LogP contribution < -0.4 is 10.6 Å². The summed E-state index contributed by atoms with van der Waals surface area (Å²) in [6.07, 6.45) is 2.49. The molecule has 23 heavy (non-hydrogen) atoms. The normalized spacial score (nSPS) is 10.7. The van der Waals surface area contributed by atoms with Gasteiger partial charge in [-0.05, 0) is 42.0 Å². The quantitative estimate of drug-likeness (QED) is 0.751. The van der Waals surface area contributed by atoms with Crippen molar-refractivity contribution in [2.24, 2.45) is 0 Å². The van der Waals surface area contributed by atoms with Gasteiger partial charge in [0.05, 0.1) is 10.2 Å². The number of amides is 1. The second-order valence-electron chi connectivity index (χ2n) is 5.37. The zero-order valence-electron chi connectivity index (χ0n) is 13.1. The molecule has 0 radical (unpaired) electrons. The molecule has 0 atom stereocenters. The van der Waals surface area contributed by atoms with Gasteiger partial charge in [-0.1, -0.05) is 12.1 Å². The molecule has 6 heteroatoms. The van der Waals surface area contributed by atoms with Crippen molar-refractivity contribution in [3.63, 3.8) is 0 Å². The summed E-state index contributed by atoms with van der Waals surface area (Å²) < 4.78 is 1.10. The molecule has 3 aromatic rings. The lowest BCUT2D eigenvalue weighted by Crippen LogP contribution is -2.07. The van der Waals surface area contributed by atoms with Gasteiger partial charge >= 0.3 is 0 Å². The number of nitrogens with zero attached hydrogens (tertiary/aromatic N) is 2. The number of hydrogen-bond donors (Lipinski definition) is 2. The first-order valence-corrected chi connectivity index (χ1v) is 8.30. The minimum absolute atomic E-state index is 0.0570. The Kier molecular flexibility index (Phi) is 4.52. The summed E-state index contributed by atoms with van der Waals surface area (Å²) >= 11 is 1.67. The van der Waals surface area contributed by atoms with Crippen molar-refractivity contribution in [1.29, 1.82) is 0 Å². The lowest BCUT2D eigenvalue weighted by Gasteiger charge is -2.07. The third-order valence-electron chi connectivity index (χ3n) is 3.51. The summed E-state index contributed by atoms with van der Waals surface area (Å²) in [5, 5.41) is 8.25. The lowest BCUT2D eigenvalue weighted by atomic mass is 10.1. The Morgan fingerprint density at radius 3 is 2.74 bits per heavy atom. The number of aryl methyl sites for hydroxylation is 1. The third kappa shape index (κ3) is 3.65. The van der Waals surface area contributed by atoms with Crippen LogP contribution in [-0.2, 0) is 11.2 Å². The molecule has 118 valence electrons. The van der Waals surface area contributed by atoms with Crippen molar-refractivity contribution < 1.29 is 4.79 Å². The first-order valence-electron chi connectivity index (χ1n) is 7.42. The Balaban J connectivity index is 1.61. The summed E-state index contributed by atoms with van der Waals surface area (Å²) in [5.41, 5.74) is 4.23. The molecule has 0 aliphatic heterocycles. The van der Waals surface area contributed by atoms with E-state index >= 15 is 0 Å². The molecular formula is C17H18N4OS. The summed E-state index contributed by atoms with van der Waals surface area (Å²) in [6, 6.07) is 7.89. The maximum atomic E-state index is 11.0. The largest absolute Gasteiger partial charge is 0.368 e. The van der Waals surface area contributed by atoms with Gasteiger partial charge in [-0.25, -0.2) is 9.97 Å². The molecule has 2 N–H and O–H groups in total. The molecule has 0 saturated carbocycles. The van der Waals surface area contributed by atoms with Gasteiger partial charge in [0.25, 0.3) is 0 Å². The standard InChI is InChI=1S/C17H18N4OS/c1-11-9-23-16-15(11)19-10-20-17(16)18-8-7-13-3-5-14(6-4-13)21-12(2)22/h3-6,9-10H,7-8H2,1-2H3,(H,21,22)(H,18,19,20). The fourth-order valence-electron chi connectivity index (χ4n) is 2.38. The van der Waals surface area contributed by atoms with Crippen LogP contribution in [0.15, 0.2) is 36.0 Å². The topological polar surface area (TPSA) is 66.9 Å². The molecule has 1 amide bonds. The Bertz CT molecular complexity index is 826. The highest BCUT2D eigenvalue weighted by Gasteiger charge is 2.07. The number of benzene rings is 1. The van der Waals surface area contributed by atoms with Gasteiger partial charge in [-0.2, -0.15) is 0 Å². The molecule has 5 nitrogen and oxygen atoms in total. The summed E-state index contributed by atoms with van der Waals surface area (Å²) in [7, 11) is 0. The summed E-state index contributed by atoms with van der Waals surface area (Å²) in [4.78, 5) is 19.7. The molecule has 3 rings (SSSR count). The van der Waals surface area contributed by atoms with Crippen LogP contribution in [0.1, 0.15) is 18.1 Å². The van der Waals surface area contributed by atoms with Crippen molar-refractivity contribution in [2.45, 2.75) is 20.3 Å². The van der Waals surface area contributed by atoms with Gasteiger partial charge in [0.1, 0.15) is 12.1 Å². The minimum atomic E-state index is -0.0570. The molecule has 0 saturated heterocycles. The Hall–Kier alpha value is -2.47. The highest BCUT2D eigenvalue weighted by Crippen LogP contribution is 2.28. The molecule has 0 spiro atoms. The number of fused-ring (bicyclic) bond motifs is 1. The number of carbonyl (C=O) groups excluding carboxylic acids is 1. The van der Waals surface area contributed by atoms with Gasteiger partial charge in [-0.15, -0.1) is 11.3 Å². The number of nitrogens with one attached hydrogen (secondary N) is 2. The Labute approximate surface area is 138 Å². The zero-order chi connectivity index (χ0) is 16.2. The van der Waals surface area contributed by atoms with Crippen molar-refractivity contribution >= 4 is 39.0 Å². The monoisotopic (exact) mass is 326 g/mol. The molecule has 0 aliphatic rings. The number of rotatable bonds is 5. The first-order chi connectivity index (χ1) is 11.1. The van der Waals surface area contributed by atoms with E-state index in [1.54, 1.807) is 17.7 Å². The number of hydrogen-bond acceptors (Lipinski definition) is 5. The predicted molar refractivity (Wildman–Crippen MR) is 95.1 cm³/mol. The van der Waals surface area contributed by atoms with Gasteiger partial charge in [0.15, 0.2) is 0 Å².